The summed E-state index contributed by atoms with van der Waals surface area (Å²) in [5.41, 5.74) is 11.8. The Bertz CT molecular complexity index is 1980. The molecule has 0 saturated heterocycles. The van der Waals surface area contributed by atoms with Crippen LogP contribution in [0.3, 0.4) is 0 Å². The fourth-order valence-corrected chi connectivity index (χ4v) is 4.58. The number of carbonyl (C=O) groups is 3. The average Bonchev–Trinajstić information content (AvgIpc) is 3.52. The van der Waals surface area contributed by atoms with Crippen LogP contribution in [0.5, 0.6) is 5.75 Å². The number of amides is 1. The van der Waals surface area contributed by atoms with Gasteiger partial charge >= 0.3 is 24.3 Å². The maximum atomic E-state index is 12.8. The number of benzene rings is 2. The summed E-state index contributed by atoms with van der Waals surface area (Å²) < 4.78 is 69.5. The van der Waals surface area contributed by atoms with E-state index in [-0.39, 0.29) is 17.8 Å². The molecular weight excluding hydrogens is 692 g/mol. The number of nitrogens with two attached hydrogens (primary N) is 1. The van der Waals surface area contributed by atoms with E-state index in [9.17, 15) is 31.1 Å². The van der Waals surface area contributed by atoms with Crippen molar-refractivity contribution in [2.24, 2.45) is 0 Å². The topological polar surface area (TPSA) is 206 Å². The summed E-state index contributed by atoms with van der Waals surface area (Å²) in [5.74, 6) is -3.68. The third-order valence-electron chi connectivity index (χ3n) is 6.96. The van der Waals surface area contributed by atoms with E-state index in [0.717, 1.165) is 51.5 Å². The van der Waals surface area contributed by atoms with E-state index in [1.807, 2.05) is 54.6 Å². The minimum Gasteiger partial charge on any atom is -0.493 e. The smallest absolute Gasteiger partial charge is 0.490 e. The van der Waals surface area contributed by atoms with Crippen molar-refractivity contribution in [3.8, 4) is 17.0 Å². The molecule has 1 unspecified atom stereocenters. The predicted molar refractivity (Wildman–Crippen MR) is 168 cm³/mol. The van der Waals surface area contributed by atoms with E-state index in [1.54, 1.807) is 18.5 Å². The number of carboxylic acid groups (broad SMARTS) is 2. The SMILES string of the molecule is Nc1nccc(-c2ccc3nc(C4COc5ccc(C(=O)NCCc6ccccn6)cc5C4)[nH]c3c2)n1.O=C(O)C(F)(F)F.O=C(O)C(F)(F)F. The number of aromatic nitrogens is 5. The highest BCUT2D eigenvalue weighted by Crippen LogP contribution is 2.33. The largest absolute Gasteiger partial charge is 0.493 e. The Balaban J connectivity index is 0.000000353. The number of nitrogens with one attached hydrogen (secondary N) is 2. The zero-order valence-corrected chi connectivity index (χ0v) is 26.0. The molecule has 3 aromatic heterocycles. The zero-order valence-electron chi connectivity index (χ0n) is 26.0. The van der Waals surface area contributed by atoms with Crippen molar-refractivity contribution in [1.82, 2.24) is 30.2 Å². The second-order valence-electron chi connectivity index (χ2n) is 10.6. The highest BCUT2D eigenvalue weighted by atomic mass is 19.4. The molecule has 0 radical (unpaired) electrons. The van der Waals surface area contributed by atoms with Gasteiger partial charge in [-0.15, -0.1) is 0 Å². The normalized spacial score (nSPS) is 13.7. The number of hydrogen-bond acceptors (Lipinski definition) is 9. The Labute approximate surface area is 283 Å². The molecular formula is C32H27F6N7O6. The molecule has 1 amide bonds. The number of carboxylic acids is 2. The highest BCUT2D eigenvalue weighted by Gasteiger charge is 2.39. The first-order chi connectivity index (χ1) is 24.0. The van der Waals surface area contributed by atoms with Crippen LogP contribution in [0.15, 0.2) is 73.1 Å². The molecule has 268 valence electrons. The number of ether oxygens (including phenoxy) is 1. The fourth-order valence-electron chi connectivity index (χ4n) is 4.58. The first-order valence-electron chi connectivity index (χ1n) is 14.6. The molecule has 0 aliphatic carbocycles. The summed E-state index contributed by atoms with van der Waals surface area (Å²) in [6.45, 7) is 1.03. The van der Waals surface area contributed by atoms with Crippen LogP contribution in [0.4, 0.5) is 32.3 Å². The Morgan fingerprint density at radius 3 is 2.24 bits per heavy atom. The van der Waals surface area contributed by atoms with Crippen molar-refractivity contribution in [2.75, 3.05) is 18.9 Å². The minimum atomic E-state index is -5.08. The summed E-state index contributed by atoms with van der Waals surface area (Å²) >= 11 is 0. The van der Waals surface area contributed by atoms with Gasteiger partial charge in [-0.1, -0.05) is 12.1 Å². The number of fused-ring (bicyclic) bond motifs is 2. The summed E-state index contributed by atoms with van der Waals surface area (Å²) in [5, 5.41) is 17.2. The molecule has 5 aromatic rings. The van der Waals surface area contributed by atoms with Crippen molar-refractivity contribution in [3.05, 3.63) is 95.7 Å². The Kier molecular flexibility index (Phi) is 11.8. The number of halogens is 6. The van der Waals surface area contributed by atoms with Gasteiger partial charge in [-0.2, -0.15) is 26.3 Å². The van der Waals surface area contributed by atoms with Crippen molar-refractivity contribution in [1.29, 1.82) is 0 Å². The number of nitrogens with zero attached hydrogens (tertiary/aromatic N) is 4. The molecule has 6 rings (SSSR count). The van der Waals surface area contributed by atoms with Gasteiger partial charge in [0.1, 0.15) is 11.6 Å². The van der Waals surface area contributed by atoms with Crippen LogP contribution in [-0.4, -0.2) is 78.5 Å². The first kappa shape index (κ1) is 37.5. The van der Waals surface area contributed by atoms with Crippen LogP contribution < -0.4 is 15.8 Å². The molecule has 2 aromatic carbocycles. The van der Waals surface area contributed by atoms with Gasteiger partial charge in [-0.05, 0) is 60.5 Å². The van der Waals surface area contributed by atoms with Crippen LogP contribution in [0.25, 0.3) is 22.3 Å². The zero-order chi connectivity index (χ0) is 37.3. The maximum Gasteiger partial charge on any atom is 0.490 e. The second kappa shape index (κ2) is 16.0. The van der Waals surface area contributed by atoms with Gasteiger partial charge in [0, 0.05) is 42.2 Å². The van der Waals surface area contributed by atoms with Crippen molar-refractivity contribution >= 4 is 34.8 Å². The van der Waals surface area contributed by atoms with Crippen molar-refractivity contribution in [2.45, 2.75) is 31.1 Å². The second-order valence-corrected chi connectivity index (χ2v) is 10.6. The van der Waals surface area contributed by atoms with E-state index >= 15 is 0 Å². The number of alkyl halides is 6. The molecule has 0 saturated carbocycles. The number of anilines is 1. The summed E-state index contributed by atoms with van der Waals surface area (Å²) in [4.78, 5) is 51.4. The van der Waals surface area contributed by atoms with Crippen molar-refractivity contribution < 1.29 is 55.7 Å². The molecule has 19 heteroatoms. The van der Waals surface area contributed by atoms with Crippen LogP contribution in [0.1, 0.15) is 33.4 Å². The van der Waals surface area contributed by atoms with Gasteiger partial charge in [0.25, 0.3) is 5.91 Å². The van der Waals surface area contributed by atoms with Gasteiger partial charge in [0.15, 0.2) is 0 Å². The lowest BCUT2D eigenvalue weighted by Gasteiger charge is -2.24. The maximum absolute atomic E-state index is 12.8. The molecule has 4 heterocycles. The number of hydrogen-bond donors (Lipinski definition) is 5. The van der Waals surface area contributed by atoms with E-state index in [1.165, 1.54) is 0 Å². The molecule has 0 spiro atoms. The number of carbonyl (C=O) groups excluding carboxylic acids is 1. The number of aliphatic carboxylic acids is 2. The van der Waals surface area contributed by atoms with Gasteiger partial charge in [0.05, 0.1) is 29.3 Å². The Morgan fingerprint density at radius 2 is 1.61 bits per heavy atom. The average molecular weight is 720 g/mol. The number of imidazole rings is 1. The van der Waals surface area contributed by atoms with E-state index in [2.05, 4.69) is 25.3 Å². The van der Waals surface area contributed by atoms with Crippen molar-refractivity contribution in [3.63, 3.8) is 0 Å². The molecule has 13 nitrogen and oxygen atoms in total. The number of nitrogen functional groups attached to an aromatic ring is 1. The number of aromatic amines is 1. The molecule has 0 bridgehead atoms. The van der Waals surface area contributed by atoms with Gasteiger partial charge in [-0.25, -0.2) is 24.5 Å². The minimum absolute atomic E-state index is 0.0421. The van der Waals surface area contributed by atoms with Gasteiger partial charge in [-0.3, -0.25) is 9.78 Å². The van der Waals surface area contributed by atoms with Crippen LogP contribution in [0, 0.1) is 0 Å². The third-order valence-corrected chi connectivity index (χ3v) is 6.96. The van der Waals surface area contributed by atoms with E-state index < -0.39 is 24.3 Å². The lowest BCUT2D eigenvalue weighted by Crippen LogP contribution is -2.26. The molecule has 1 aliphatic rings. The predicted octanol–water partition coefficient (Wildman–Crippen LogP) is 4.95. The summed E-state index contributed by atoms with van der Waals surface area (Å²) in [6, 6.07) is 19.1. The fraction of sp³-hybridized carbons (Fsp3) is 0.219. The van der Waals surface area contributed by atoms with Crippen LogP contribution >= 0.6 is 0 Å². The number of H-pyrrole nitrogens is 1. The molecule has 1 atom stereocenters. The summed E-state index contributed by atoms with van der Waals surface area (Å²) in [6.07, 6.45) is -5.36. The number of rotatable bonds is 6. The summed E-state index contributed by atoms with van der Waals surface area (Å²) in [7, 11) is 0. The molecule has 0 fully saturated rings. The van der Waals surface area contributed by atoms with Gasteiger partial charge in [0.2, 0.25) is 5.95 Å². The molecule has 1 aliphatic heterocycles. The number of pyridine rings is 1. The standard InChI is InChI=1S/C28H25N7O2.2C2HF3O2/c29-28-32-12-9-22(35-28)17-4-6-23-24(15-17)34-26(33-23)20-14-19-13-18(5-7-25(19)37-16-20)27(36)31-11-8-21-3-1-2-10-30-21;2*3-2(4,5)1(6)7/h1-7,9-10,12-13,15,20H,8,11,14,16H2,(H,31,36)(H,33,34)(H2,29,32,35);2*(H,6,7). The lowest BCUT2D eigenvalue weighted by atomic mass is 9.94. The first-order valence-corrected chi connectivity index (χ1v) is 14.6. The third kappa shape index (κ3) is 10.6. The monoisotopic (exact) mass is 719 g/mol. The molecule has 51 heavy (non-hydrogen) atoms. The van der Waals surface area contributed by atoms with Crippen LogP contribution in [-0.2, 0) is 22.4 Å². The Hall–Kier alpha value is -6.27. The van der Waals surface area contributed by atoms with E-state index in [0.29, 0.717) is 25.1 Å². The highest BCUT2D eigenvalue weighted by molar-refractivity contribution is 5.94. The van der Waals surface area contributed by atoms with Crippen LogP contribution in [0.2, 0.25) is 0 Å². The Morgan fingerprint density at radius 1 is 0.902 bits per heavy atom. The quantitative estimate of drug-likeness (QED) is 0.148. The van der Waals surface area contributed by atoms with E-state index in [4.69, 9.17) is 35.3 Å². The van der Waals surface area contributed by atoms with Gasteiger partial charge < -0.3 is 31.0 Å². The molecule has 6 N–H and O–H groups in total. The lowest BCUT2D eigenvalue weighted by molar-refractivity contribution is -0.193.